The molecule has 0 atom stereocenters. The summed E-state index contributed by atoms with van der Waals surface area (Å²) in [6, 6.07) is 8.16. The van der Waals surface area contributed by atoms with E-state index in [2.05, 4.69) is 11.4 Å². The van der Waals surface area contributed by atoms with Gasteiger partial charge >= 0.3 is 0 Å². The molecule has 0 aliphatic heterocycles. The van der Waals surface area contributed by atoms with Gasteiger partial charge < -0.3 is 10.4 Å². The molecule has 0 saturated carbocycles. The minimum atomic E-state index is -0.369. The zero-order valence-electron chi connectivity index (χ0n) is 12.8. The van der Waals surface area contributed by atoms with Gasteiger partial charge in [0, 0.05) is 18.5 Å². The van der Waals surface area contributed by atoms with Crippen molar-refractivity contribution in [2.24, 2.45) is 0 Å². The summed E-state index contributed by atoms with van der Waals surface area (Å²) in [6.07, 6.45) is 6.61. The largest absolute Gasteiger partial charge is 0.389 e. The van der Waals surface area contributed by atoms with Gasteiger partial charge in [0.25, 0.3) is 0 Å². The van der Waals surface area contributed by atoms with E-state index in [9.17, 15) is 9.59 Å². The van der Waals surface area contributed by atoms with E-state index in [1.54, 1.807) is 0 Å². The van der Waals surface area contributed by atoms with Gasteiger partial charge in [0.2, 0.25) is 5.91 Å². The Kier molecular flexibility index (Phi) is 6.34. The van der Waals surface area contributed by atoms with Crippen molar-refractivity contribution in [2.45, 2.75) is 38.5 Å². The Bertz CT molecular complexity index is 563. The van der Waals surface area contributed by atoms with Gasteiger partial charge in [-0.25, -0.2) is 0 Å². The summed E-state index contributed by atoms with van der Waals surface area (Å²) in [6.45, 7) is 0.261. The van der Waals surface area contributed by atoms with Crippen molar-refractivity contribution < 1.29 is 14.7 Å². The minimum Gasteiger partial charge on any atom is -0.389 e. The van der Waals surface area contributed by atoms with Gasteiger partial charge in [-0.3, -0.25) is 9.59 Å². The van der Waals surface area contributed by atoms with Gasteiger partial charge in [-0.15, -0.1) is 0 Å². The van der Waals surface area contributed by atoms with Gasteiger partial charge in [-0.1, -0.05) is 30.7 Å². The number of aryl methyl sites for hydroxylation is 1. The van der Waals surface area contributed by atoms with E-state index in [1.165, 1.54) is 5.56 Å². The number of Topliss-reactive ketones (excluding diaryl/α,β-unsaturated/α-hetero) is 1. The summed E-state index contributed by atoms with van der Waals surface area (Å²) in [5, 5.41) is 11.6. The lowest BCUT2D eigenvalue weighted by molar-refractivity contribution is -0.122. The highest BCUT2D eigenvalue weighted by atomic mass is 16.3. The third-order valence-electron chi connectivity index (χ3n) is 3.93. The zero-order valence-corrected chi connectivity index (χ0v) is 12.8. The zero-order chi connectivity index (χ0) is 15.8. The first-order chi connectivity index (χ1) is 10.7. The number of benzene rings is 1. The number of carbonyl (C=O) groups is 2. The molecule has 1 aliphatic carbocycles. The van der Waals surface area contributed by atoms with Crippen LogP contribution in [0.15, 0.2) is 29.8 Å². The fourth-order valence-electron chi connectivity index (χ4n) is 2.63. The monoisotopic (exact) mass is 301 g/mol. The Balaban J connectivity index is 1.70. The maximum atomic E-state index is 12.1. The molecule has 1 aromatic carbocycles. The second-order valence-electron chi connectivity index (χ2n) is 5.63. The molecule has 1 aliphatic rings. The van der Waals surface area contributed by atoms with Crippen molar-refractivity contribution in [3.63, 3.8) is 0 Å². The van der Waals surface area contributed by atoms with Crippen molar-refractivity contribution in [1.82, 2.24) is 5.32 Å². The Morgan fingerprint density at radius 2 is 1.91 bits per heavy atom. The Hall–Kier alpha value is -1.94. The van der Waals surface area contributed by atoms with Crippen LogP contribution in [0.25, 0.3) is 6.08 Å². The number of carbonyl (C=O) groups excluding carboxylic acids is 2. The van der Waals surface area contributed by atoms with Crippen LogP contribution < -0.4 is 5.32 Å². The molecular weight excluding hydrogens is 278 g/mol. The molecule has 0 saturated heterocycles. The molecule has 2 rings (SSSR count). The van der Waals surface area contributed by atoms with Crippen molar-refractivity contribution in [3.05, 3.63) is 41.0 Å². The Morgan fingerprint density at radius 1 is 1.09 bits per heavy atom. The van der Waals surface area contributed by atoms with E-state index in [0.29, 0.717) is 13.0 Å². The maximum absolute atomic E-state index is 12.1. The van der Waals surface area contributed by atoms with E-state index in [4.69, 9.17) is 5.11 Å². The molecule has 4 nitrogen and oxygen atoms in total. The van der Waals surface area contributed by atoms with E-state index in [0.717, 1.165) is 43.2 Å². The molecule has 0 radical (unpaired) electrons. The Labute approximate surface area is 131 Å². The predicted molar refractivity (Wildman–Crippen MR) is 86.3 cm³/mol. The van der Waals surface area contributed by atoms with Crippen LogP contribution in [-0.4, -0.2) is 29.9 Å². The van der Waals surface area contributed by atoms with Crippen molar-refractivity contribution in [3.8, 4) is 0 Å². The molecule has 1 amide bonds. The molecule has 2 N–H and O–H groups in total. The number of aliphatic hydroxyl groups is 1. The van der Waals surface area contributed by atoms with Crippen LogP contribution in [0.2, 0.25) is 0 Å². The quantitative estimate of drug-likeness (QED) is 0.724. The summed E-state index contributed by atoms with van der Waals surface area (Å²) in [7, 11) is 0. The molecule has 0 bridgehead atoms. The SMILES string of the molecule is O=C(CO)CCCCCNC(=O)C1=Cc2ccccc2CC1. The van der Waals surface area contributed by atoms with Crippen molar-refractivity contribution in [1.29, 1.82) is 0 Å². The van der Waals surface area contributed by atoms with Crippen LogP contribution in [0, 0.1) is 0 Å². The first-order valence-electron chi connectivity index (χ1n) is 7.90. The highest BCUT2D eigenvalue weighted by molar-refractivity contribution is 5.98. The van der Waals surface area contributed by atoms with Crippen LogP contribution in [-0.2, 0) is 16.0 Å². The minimum absolute atomic E-state index is 0.0148. The average Bonchev–Trinajstić information content (AvgIpc) is 2.56. The molecule has 0 spiro atoms. The smallest absolute Gasteiger partial charge is 0.247 e. The summed E-state index contributed by atoms with van der Waals surface area (Å²) in [5.74, 6) is -0.101. The number of amides is 1. The number of fused-ring (bicyclic) bond motifs is 1. The number of ketones is 1. The van der Waals surface area contributed by atoms with Crippen molar-refractivity contribution >= 4 is 17.8 Å². The van der Waals surface area contributed by atoms with Gasteiger partial charge in [0.1, 0.15) is 6.61 Å². The molecule has 0 aromatic heterocycles. The highest BCUT2D eigenvalue weighted by Gasteiger charge is 2.15. The highest BCUT2D eigenvalue weighted by Crippen LogP contribution is 2.23. The first-order valence-corrected chi connectivity index (χ1v) is 7.90. The molecule has 0 fully saturated rings. The molecule has 118 valence electrons. The topological polar surface area (TPSA) is 66.4 Å². The second-order valence-corrected chi connectivity index (χ2v) is 5.63. The summed E-state index contributed by atoms with van der Waals surface area (Å²) < 4.78 is 0. The van der Waals surface area contributed by atoms with Crippen LogP contribution in [0.3, 0.4) is 0 Å². The summed E-state index contributed by atoms with van der Waals surface area (Å²) >= 11 is 0. The Morgan fingerprint density at radius 3 is 2.73 bits per heavy atom. The number of hydrogen-bond acceptors (Lipinski definition) is 3. The van der Waals surface area contributed by atoms with Crippen LogP contribution in [0.4, 0.5) is 0 Å². The number of nitrogens with one attached hydrogen (secondary N) is 1. The normalized spacial score (nSPS) is 13.2. The van der Waals surface area contributed by atoms with Crippen molar-refractivity contribution in [2.75, 3.05) is 13.2 Å². The van der Waals surface area contributed by atoms with E-state index < -0.39 is 0 Å². The summed E-state index contributed by atoms with van der Waals surface area (Å²) in [5.41, 5.74) is 3.28. The second kappa shape index (κ2) is 8.49. The number of rotatable bonds is 8. The molecule has 0 unspecified atom stereocenters. The lowest BCUT2D eigenvalue weighted by Gasteiger charge is -2.16. The third-order valence-corrected chi connectivity index (χ3v) is 3.93. The molecule has 4 heteroatoms. The first kappa shape index (κ1) is 16.4. The van der Waals surface area contributed by atoms with Crippen LogP contribution in [0.1, 0.15) is 43.2 Å². The van der Waals surface area contributed by atoms with Crippen LogP contribution >= 0.6 is 0 Å². The van der Waals surface area contributed by atoms with E-state index >= 15 is 0 Å². The number of unbranched alkanes of at least 4 members (excludes halogenated alkanes) is 2. The molecule has 0 heterocycles. The van der Waals surface area contributed by atoms with Crippen LogP contribution in [0.5, 0.6) is 0 Å². The predicted octanol–water partition coefficient (Wildman–Crippen LogP) is 2.25. The third kappa shape index (κ3) is 4.81. The lowest BCUT2D eigenvalue weighted by atomic mass is 9.92. The summed E-state index contributed by atoms with van der Waals surface area (Å²) in [4.78, 5) is 23.1. The number of hydrogen-bond donors (Lipinski definition) is 2. The van der Waals surface area contributed by atoms with Gasteiger partial charge in [-0.2, -0.15) is 0 Å². The molecule has 22 heavy (non-hydrogen) atoms. The van der Waals surface area contributed by atoms with E-state index in [1.807, 2.05) is 24.3 Å². The fraction of sp³-hybridized carbons (Fsp3) is 0.444. The molecule has 1 aromatic rings. The average molecular weight is 301 g/mol. The van der Waals surface area contributed by atoms with Gasteiger partial charge in [0.15, 0.2) is 5.78 Å². The van der Waals surface area contributed by atoms with Gasteiger partial charge in [-0.05, 0) is 42.9 Å². The lowest BCUT2D eigenvalue weighted by Crippen LogP contribution is -2.27. The fourth-order valence-corrected chi connectivity index (χ4v) is 2.63. The maximum Gasteiger partial charge on any atom is 0.247 e. The number of aliphatic hydroxyl groups excluding tert-OH is 1. The molecular formula is C18H23NO3. The van der Waals surface area contributed by atoms with Gasteiger partial charge in [0.05, 0.1) is 0 Å². The van der Waals surface area contributed by atoms with E-state index in [-0.39, 0.29) is 18.3 Å². The standard InChI is InChI=1S/C18H23NO3/c20-13-17(21)8-2-1-5-11-19-18(22)16-10-9-14-6-3-4-7-15(14)12-16/h3-4,6-7,12,20H,1-2,5,8-11,13H2,(H,19,22).